The molecule has 1 aliphatic rings. The first-order valence-electron chi connectivity index (χ1n) is 7.44. The topological polar surface area (TPSA) is 50.2 Å². The number of para-hydroxylation sites is 1. The summed E-state index contributed by atoms with van der Waals surface area (Å²) in [7, 11) is 0. The SMILES string of the molecule is CCn1nccc1[C@@H]1CCCN1C(=O)Nc1ccccc1. The van der Waals surface area contributed by atoms with Crippen LogP contribution in [0.25, 0.3) is 0 Å². The van der Waals surface area contributed by atoms with Crippen molar-refractivity contribution in [2.24, 2.45) is 0 Å². The van der Waals surface area contributed by atoms with Crippen LogP contribution < -0.4 is 5.32 Å². The molecule has 2 heterocycles. The summed E-state index contributed by atoms with van der Waals surface area (Å²) >= 11 is 0. The molecule has 21 heavy (non-hydrogen) atoms. The monoisotopic (exact) mass is 284 g/mol. The molecular weight excluding hydrogens is 264 g/mol. The summed E-state index contributed by atoms with van der Waals surface area (Å²) in [5.41, 5.74) is 1.95. The van der Waals surface area contributed by atoms with Crippen molar-refractivity contribution in [3.05, 3.63) is 48.3 Å². The highest BCUT2D eigenvalue weighted by molar-refractivity contribution is 5.89. The number of urea groups is 1. The Hall–Kier alpha value is -2.30. The maximum Gasteiger partial charge on any atom is 0.322 e. The summed E-state index contributed by atoms with van der Waals surface area (Å²) in [5.74, 6) is 0. The molecule has 0 spiro atoms. The largest absolute Gasteiger partial charge is 0.322 e. The number of rotatable bonds is 3. The quantitative estimate of drug-likeness (QED) is 0.940. The third-order valence-corrected chi connectivity index (χ3v) is 3.93. The third-order valence-electron chi connectivity index (χ3n) is 3.93. The predicted molar refractivity (Wildman–Crippen MR) is 82.0 cm³/mol. The van der Waals surface area contributed by atoms with Gasteiger partial charge in [-0.1, -0.05) is 18.2 Å². The van der Waals surface area contributed by atoms with Crippen LogP contribution in [0.15, 0.2) is 42.6 Å². The van der Waals surface area contributed by atoms with Crippen molar-refractivity contribution < 1.29 is 4.79 Å². The zero-order chi connectivity index (χ0) is 14.7. The minimum Gasteiger partial charge on any atom is -0.316 e. The Kier molecular flexibility index (Phi) is 3.90. The van der Waals surface area contributed by atoms with Gasteiger partial charge < -0.3 is 10.2 Å². The van der Waals surface area contributed by atoms with Crippen LogP contribution in [-0.4, -0.2) is 27.3 Å². The van der Waals surface area contributed by atoms with E-state index in [1.54, 1.807) is 0 Å². The normalized spacial score (nSPS) is 18.0. The predicted octanol–water partition coefficient (Wildman–Crippen LogP) is 3.27. The average molecular weight is 284 g/mol. The standard InChI is InChI=1S/C16H20N4O/c1-2-20-15(10-11-17-20)14-9-6-12-19(14)16(21)18-13-7-4-3-5-8-13/h3-5,7-8,10-11,14H,2,6,9,12H2,1H3,(H,18,21)/t14-/m0/s1. The molecule has 1 aromatic carbocycles. The highest BCUT2D eigenvalue weighted by Gasteiger charge is 2.31. The fraction of sp³-hybridized carbons (Fsp3) is 0.375. The number of amides is 2. The van der Waals surface area contributed by atoms with E-state index in [1.807, 2.05) is 52.2 Å². The summed E-state index contributed by atoms with van der Waals surface area (Å²) < 4.78 is 1.97. The lowest BCUT2D eigenvalue weighted by Gasteiger charge is -2.25. The first-order valence-corrected chi connectivity index (χ1v) is 7.44. The number of likely N-dealkylation sites (tertiary alicyclic amines) is 1. The molecule has 1 saturated heterocycles. The molecule has 3 rings (SSSR count). The summed E-state index contributed by atoms with van der Waals surface area (Å²) in [6.45, 7) is 3.69. The maximum atomic E-state index is 12.5. The fourth-order valence-electron chi connectivity index (χ4n) is 2.92. The number of carbonyl (C=O) groups excluding carboxylic acids is 1. The molecule has 1 aromatic heterocycles. The van der Waals surface area contributed by atoms with Crippen LogP contribution in [0.1, 0.15) is 31.5 Å². The second kappa shape index (κ2) is 5.99. The van der Waals surface area contributed by atoms with E-state index in [2.05, 4.69) is 17.3 Å². The number of nitrogens with one attached hydrogen (secondary N) is 1. The highest BCUT2D eigenvalue weighted by Crippen LogP contribution is 2.32. The van der Waals surface area contributed by atoms with Crippen molar-refractivity contribution in [2.75, 3.05) is 11.9 Å². The first kappa shape index (κ1) is 13.7. The summed E-state index contributed by atoms with van der Waals surface area (Å²) in [5, 5.41) is 7.29. The molecule has 1 N–H and O–H groups in total. The molecule has 2 amide bonds. The molecule has 0 unspecified atom stereocenters. The van der Waals surface area contributed by atoms with Crippen LogP contribution in [0.3, 0.4) is 0 Å². The van der Waals surface area contributed by atoms with Gasteiger partial charge in [0.2, 0.25) is 0 Å². The van der Waals surface area contributed by atoms with Gasteiger partial charge in [0.05, 0.1) is 11.7 Å². The van der Waals surface area contributed by atoms with Crippen molar-refractivity contribution in [3.63, 3.8) is 0 Å². The number of aromatic nitrogens is 2. The van der Waals surface area contributed by atoms with E-state index in [1.165, 1.54) is 0 Å². The second-order valence-corrected chi connectivity index (χ2v) is 5.22. The second-order valence-electron chi connectivity index (χ2n) is 5.22. The molecule has 0 bridgehead atoms. The van der Waals surface area contributed by atoms with E-state index in [0.717, 1.165) is 37.3 Å². The molecule has 0 saturated carbocycles. The lowest BCUT2D eigenvalue weighted by atomic mass is 10.1. The molecule has 0 radical (unpaired) electrons. The number of carbonyl (C=O) groups is 1. The smallest absolute Gasteiger partial charge is 0.316 e. The van der Waals surface area contributed by atoms with Gasteiger partial charge in [-0.25, -0.2) is 4.79 Å². The maximum absolute atomic E-state index is 12.5. The Morgan fingerprint density at radius 1 is 1.33 bits per heavy atom. The minimum atomic E-state index is -0.0347. The van der Waals surface area contributed by atoms with Crippen LogP contribution in [0, 0.1) is 0 Å². The van der Waals surface area contributed by atoms with Crippen molar-refractivity contribution >= 4 is 11.7 Å². The average Bonchev–Trinajstić information content (AvgIpc) is 3.16. The molecule has 2 aromatic rings. The molecule has 110 valence electrons. The van der Waals surface area contributed by atoms with Gasteiger partial charge in [-0.3, -0.25) is 4.68 Å². The van der Waals surface area contributed by atoms with Crippen LogP contribution in [0.2, 0.25) is 0 Å². The van der Waals surface area contributed by atoms with Gasteiger partial charge in [0.1, 0.15) is 0 Å². The third kappa shape index (κ3) is 2.77. The summed E-state index contributed by atoms with van der Waals surface area (Å²) in [6, 6.07) is 11.7. The van der Waals surface area contributed by atoms with Crippen molar-refractivity contribution in [3.8, 4) is 0 Å². The van der Waals surface area contributed by atoms with E-state index < -0.39 is 0 Å². The van der Waals surface area contributed by atoms with Gasteiger partial charge in [0, 0.05) is 25.0 Å². The molecular formula is C16H20N4O. The Balaban J connectivity index is 1.76. The van der Waals surface area contributed by atoms with E-state index in [4.69, 9.17) is 0 Å². The first-order chi connectivity index (χ1) is 10.3. The zero-order valence-corrected chi connectivity index (χ0v) is 12.2. The Labute approximate surface area is 124 Å². The van der Waals surface area contributed by atoms with E-state index in [-0.39, 0.29) is 12.1 Å². The summed E-state index contributed by atoms with van der Waals surface area (Å²) in [4.78, 5) is 14.4. The Morgan fingerprint density at radius 2 is 2.14 bits per heavy atom. The van der Waals surface area contributed by atoms with Crippen molar-refractivity contribution in [2.45, 2.75) is 32.4 Å². The van der Waals surface area contributed by atoms with Crippen LogP contribution in [0.5, 0.6) is 0 Å². The number of nitrogens with zero attached hydrogens (tertiary/aromatic N) is 3. The van der Waals surface area contributed by atoms with Crippen LogP contribution >= 0.6 is 0 Å². The van der Waals surface area contributed by atoms with Gasteiger partial charge in [-0.05, 0) is 38.0 Å². The lowest BCUT2D eigenvalue weighted by Crippen LogP contribution is -2.35. The molecule has 5 nitrogen and oxygen atoms in total. The van der Waals surface area contributed by atoms with Gasteiger partial charge in [-0.2, -0.15) is 5.10 Å². The summed E-state index contributed by atoms with van der Waals surface area (Å²) in [6.07, 6.45) is 3.83. The molecule has 0 aliphatic carbocycles. The van der Waals surface area contributed by atoms with E-state index >= 15 is 0 Å². The highest BCUT2D eigenvalue weighted by atomic mass is 16.2. The number of aryl methyl sites for hydroxylation is 1. The molecule has 1 atom stereocenters. The van der Waals surface area contributed by atoms with E-state index in [9.17, 15) is 4.79 Å². The number of anilines is 1. The number of hydrogen-bond acceptors (Lipinski definition) is 2. The van der Waals surface area contributed by atoms with Crippen molar-refractivity contribution in [1.29, 1.82) is 0 Å². The minimum absolute atomic E-state index is 0.0347. The van der Waals surface area contributed by atoms with Gasteiger partial charge in [0.25, 0.3) is 0 Å². The Bertz CT molecular complexity index is 608. The zero-order valence-electron chi connectivity index (χ0n) is 12.2. The number of hydrogen-bond donors (Lipinski definition) is 1. The van der Waals surface area contributed by atoms with Gasteiger partial charge in [0.15, 0.2) is 0 Å². The van der Waals surface area contributed by atoms with Crippen molar-refractivity contribution in [1.82, 2.24) is 14.7 Å². The van der Waals surface area contributed by atoms with Crippen LogP contribution in [0.4, 0.5) is 10.5 Å². The lowest BCUT2D eigenvalue weighted by molar-refractivity contribution is 0.204. The molecule has 1 aliphatic heterocycles. The van der Waals surface area contributed by atoms with Gasteiger partial charge in [-0.15, -0.1) is 0 Å². The molecule has 1 fully saturated rings. The van der Waals surface area contributed by atoms with Crippen LogP contribution in [-0.2, 0) is 6.54 Å². The van der Waals surface area contributed by atoms with Gasteiger partial charge >= 0.3 is 6.03 Å². The molecule has 5 heteroatoms. The van der Waals surface area contributed by atoms with E-state index in [0.29, 0.717) is 0 Å². The Morgan fingerprint density at radius 3 is 2.90 bits per heavy atom. The fourth-order valence-corrected chi connectivity index (χ4v) is 2.92. The number of benzene rings is 1.